The fourth-order valence-electron chi connectivity index (χ4n) is 2.13. The van der Waals surface area contributed by atoms with Gasteiger partial charge in [-0.05, 0) is 38.6 Å². The second-order valence-corrected chi connectivity index (χ2v) is 4.41. The molecule has 1 saturated heterocycles. The first kappa shape index (κ1) is 13.3. The summed E-state index contributed by atoms with van der Waals surface area (Å²) in [7, 11) is 0. The van der Waals surface area contributed by atoms with Gasteiger partial charge in [-0.15, -0.1) is 0 Å². The van der Waals surface area contributed by atoms with Crippen molar-refractivity contribution in [1.82, 2.24) is 10.2 Å². The van der Waals surface area contributed by atoms with Crippen molar-refractivity contribution in [1.29, 1.82) is 0 Å². The average molecular weight is 229 g/mol. The van der Waals surface area contributed by atoms with Crippen molar-refractivity contribution in [3.05, 3.63) is 0 Å². The summed E-state index contributed by atoms with van der Waals surface area (Å²) in [4.78, 5) is 13.1. The molecule has 0 unspecified atom stereocenters. The molecule has 1 heterocycles. The Bertz CT molecular complexity index is 203. The molecular weight excluding hydrogens is 206 g/mol. The lowest BCUT2D eigenvalue weighted by atomic mass is 10.0. The summed E-state index contributed by atoms with van der Waals surface area (Å²) in [5, 5.41) is 11.4. The maximum absolute atomic E-state index is 10.7. The monoisotopic (exact) mass is 229 g/mol. The topological polar surface area (TPSA) is 78.6 Å². The molecule has 0 saturated carbocycles. The third-order valence-electron chi connectivity index (χ3n) is 3.07. The first-order chi connectivity index (χ1) is 7.72. The zero-order valence-electron chi connectivity index (χ0n) is 9.82. The lowest BCUT2D eigenvalue weighted by Crippen LogP contribution is -2.46. The van der Waals surface area contributed by atoms with E-state index in [0.717, 1.165) is 51.7 Å². The number of unbranched alkanes of at least 4 members (excludes halogenated alkanes) is 2. The molecule has 5 heteroatoms. The number of carbonyl (C=O) groups is 1. The third kappa shape index (κ3) is 5.32. The number of aliphatic hydroxyl groups is 1. The zero-order valence-corrected chi connectivity index (χ0v) is 9.82. The third-order valence-corrected chi connectivity index (χ3v) is 3.07. The van der Waals surface area contributed by atoms with Crippen LogP contribution in [-0.4, -0.2) is 48.3 Å². The summed E-state index contributed by atoms with van der Waals surface area (Å²) in [5.41, 5.74) is 5.08. The summed E-state index contributed by atoms with van der Waals surface area (Å²) < 4.78 is 0. The fourth-order valence-corrected chi connectivity index (χ4v) is 2.13. The number of hydrogen-bond donors (Lipinski definition) is 3. The highest BCUT2D eigenvalue weighted by atomic mass is 16.2. The molecule has 1 rings (SSSR count). The summed E-state index contributed by atoms with van der Waals surface area (Å²) >= 11 is 0. The molecule has 5 nitrogen and oxygen atoms in total. The molecule has 0 aromatic heterocycles. The first-order valence-corrected chi connectivity index (χ1v) is 6.11. The number of carbonyl (C=O) groups excluding carboxylic acids is 1. The maximum atomic E-state index is 10.7. The lowest BCUT2D eigenvalue weighted by molar-refractivity contribution is 0.190. The van der Waals surface area contributed by atoms with Crippen LogP contribution in [-0.2, 0) is 0 Å². The van der Waals surface area contributed by atoms with Crippen LogP contribution in [0.5, 0.6) is 0 Å². The van der Waals surface area contributed by atoms with Gasteiger partial charge in [-0.3, -0.25) is 0 Å². The van der Waals surface area contributed by atoms with Gasteiger partial charge in [0.05, 0.1) is 0 Å². The van der Waals surface area contributed by atoms with E-state index >= 15 is 0 Å². The highest BCUT2D eigenvalue weighted by molar-refractivity contribution is 5.71. The van der Waals surface area contributed by atoms with Crippen LogP contribution in [0.15, 0.2) is 0 Å². The van der Waals surface area contributed by atoms with E-state index in [-0.39, 0.29) is 6.04 Å². The van der Waals surface area contributed by atoms with Crippen LogP contribution in [0.1, 0.15) is 32.1 Å². The minimum absolute atomic E-state index is 0.256. The maximum Gasteiger partial charge on any atom is 0.312 e. The molecular formula is C11H23N3O2. The van der Waals surface area contributed by atoms with Gasteiger partial charge in [-0.2, -0.15) is 0 Å². The van der Waals surface area contributed by atoms with Crippen molar-refractivity contribution in [2.75, 3.05) is 26.2 Å². The summed E-state index contributed by atoms with van der Waals surface area (Å²) in [6.07, 6.45) is 5.12. The Morgan fingerprint density at radius 2 is 2.00 bits per heavy atom. The van der Waals surface area contributed by atoms with E-state index in [1.54, 1.807) is 0 Å². The van der Waals surface area contributed by atoms with E-state index in [1.807, 2.05) is 0 Å². The van der Waals surface area contributed by atoms with Gasteiger partial charge >= 0.3 is 6.03 Å². The molecule has 0 aliphatic carbocycles. The minimum atomic E-state index is -0.415. The minimum Gasteiger partial charge on any atom is -0.396 e. The van der Waals surface area contributed by atoms with Gasteiger partial charge in [-0.25, -0.2) is 4.79 Å². The van der Waals surface area contributed by atoms with Gasteiger partial charge < -0.3 is 21.1 Å². The molecule has 1 aliphatic rings. The van der Waals surface area contributed by atoms with E-state index in [1.165, 1.54) is 0 Å². The Balaban J connectivity index is 2.05. The summed E-state index contributed by atoms with van der Waals surface area (Å²) in [5.74, 6) is 0. The molecule has 94 valence electrons. The molecule has 0 aromatic rings. The Morgan fingerprint density at radius 3 is 2.56 bits per heavy atom. The molecule has 2 amide bonds. The average Bonchev–Trinajstić information content (AvgIpc) is 2.26. The molecule has 1 aliphatic heterocycles. The number of rotatable bonds is 6. The largest absolute Gasteiger partial charge is 0.396 e. The van der Waals surface area contributed by atoms with E-state index in [4.69, 9.17) is 10.8 Å². The predicted octanol–water partition coefficient (Wildman–Crippen LogP) is 0.282. The fraction of sp³-hybridized carbons (Fsp3) is 0.909. The number of urea groups is 1. The Hall–Kier alpha value is -0.810. The van der Waals surface area contributed by atoms with E-state index in [2.05, 4.69) is 10.2 Å². The second kappa shape index (κ2) is 7.46. The number of nitrogens with one attached hydrogen (secondary N) is 1. The van der Waals surface area contributed by atoms with E-state index in [9.17, 15) is 4.79 Å². The van der Waals surface area contributed by atoms with Gasteiger partial charge in [-0.1, -0.05) is 0 Å². The predicted molar refractivity (Wildman–Crippen MR) is 63.1 cm³/mol. The Morgan fingerprint density at radius 1 is 1.31 bits per heavy atom. The van der Waals surface area contributed by atoms with Crippen LogP contribution in [0, 0.1) is 0 Å². The quantitative estimate of drug-likeness (QED) is 0.572. The number of aliphatic hydroxyl groups excluding tert-OH is 1. The lowest BCUT2D eigenvalue weighted by Gasteiger charge is -2.31. The summed E-state index contributed by atoms with van der Waals surface area (Å²) in [6, 6.07) is -0.160. The number of hydrogen-bond acceptors (Lipinski definition) is 3. The molecule has 0 aromatic carbocycles. The summed E-state index contributed by atoms with van der Waals surface area (Å²) in [6.45, 7) is 3.46. The molecule has 0 bridgehead atoms. The Labute approximate surface area is 97.0 Å². The van der Waals surface area contributed by atoms with E-state index in [0.29, 0.717) is 6.61 Å². The second-order valence-electron chi connectivity index (χ2n) is 4.41. The van der Waals surface area contributed by atoms with Crippen LogP contribution in [0.4, 0.5) is 4.79 Å². The zero-order chi connectivity index (χ0) is 11.8. The van der Waals surface area contributed by atoms with Gasteiger partial charge in [0, 0.05) is 25.7 Å². The van der Waals surface area contributed by atoms with Gasteiger partial charge in [0.2, 0.25) is 0 Å². The number of nitrogens with two attached hydrogens (primary N) is 1. The number of primary amides is 1. The van der Waals surface area contributed by atoms with Crippen molar-refractivity contribution in [3.63, 3.8) is 0 Å². The van der Waals surface area contributed by atoms with Crippen LogP contribution in [0.25, 0.3) is 0 Å². The van der Waals surface area contributed by atoms with Crippen molar-refractivity contribution in [2.24, 2.45) is 5.73 Å². The van der Waals surface area contributed by atoms with Crippen molar-refractivity contribution < 1.29 is 9.90 Å². The molecule has 1 fully saturated rings. The number of amides is 2. The van der Waals surface area contributed by atoms with E-state index < -0.39 is 6.03 Å². The molecule has 0 spiro atoms. The highest BCUT2D eigenvalue weighted by Crippen LogP contribution is 2.11. The molecule has 0 atom stereocenters. The number of likely N-dealkylation sites (tertiary alicyclic amines) is 1. The molecule has 0 radical (unpaired) electrons. The smallest absolute Gasteiger partial charge is 0.312 e. The van der Waals surface area contributed by atoms with Crippen LogP contribution >= 0.6 is 0 Å². The van der Waals surface area contributed by atoms with Crippen molar-refractivity contribution in [3.8, 4) is 0 Å². The van der Waals surface area contributed by atoms with Gasteiger partial charge in [0.15, 0.2) is 0 Å². The van der Waals surface area contributed by atoms with Crippen molar-refractivity contribution >= 4 is 6.03 Å². The van der Waals surface area contributed by atoms with Gasteiger partial charge in [0.25, 0.3) is 0 Å². The number of piperidine rings is 1. The van der Waals surface area contributed by atoms with Crippen molar-refractivity contribution in [2.45, 2.75) is 38.1 Å². The standard InChI is InChI=1S/C11H23N3O2/c12-11(16)13-10-4-7-14(8-5-10)6-2-1-3-9-15/h10,15H,1-9H2,(H3,12,13,16). The first-order valence-electron chi connectivity index (χ1n) is 6.11. The normalized spacial score (nSPS) is 18.6. The SMILES string of the molecule is NC(=O)NC1CCN(CCCCCO)CC1. The van der Waals surface area contributed by atoms with Crippen LogP contribution < -0.4 is 11.1 Å². The molecule has 16 heavy (non-hydrogen) atoms. The Kier molecular flexibility index (Phi) is 6.18. The van der Waals surface area contributed by atoms with Crippen LogP contribution in [0.2, 0.25) is 0 Å². The highest BCUT2D eigenvalue weighted by Gasteiger charge is 2.19. The molecule has 4 N–H and O–H groups in total. The number of nitrogens with zero attached hydrogens (tertiary/aromatic N) is 1. The van der Waals surface area contributed by atoms with Crippen LogP contribution in [0.3, 0.4) is 0 Å². The van der Waals surface area contributed by atoms with Gasteiger partial charge in [0.1, 0.15) is 0 Å².